The number of unbranched alkanes of at least 4 members (excludes halogenated alkanes) is 3. The Balaban J connectivity index is 1.99. The molecule has 1 aliphatic rings. The van der Waals surface area contributed by atoms with Crippen LogP contribution in [0.15, 0.2) is 11.6 Å². The van der Waals surface area contributed by atoms with E-state index in [0.717, 1.165) is 51.4 Å². The van der Waals surface area contributed by atoms with Gasteiger partial charge in [0.25, 0.3) is 0 Å². The highest BCUT2D eigenvalue weighted by molar-refractivity contribution is 5.90. The molecular weight excluding hydrogens is 308 g/mol. The first-order valence-electron chi connectivity index (χ1n) is 9.34. The Labute approximate surface area is 145 Å². The third-order valence-corrected chi connectivity index (χ3v) is 4.43. The van der Waals surface area contributed by atoms with Crippen LogP contribution in [0, 0.1) is 0 Å². The van der Waals surface area contributed by atoms with E-state index in [1.807, 2.05) is 6.92 Å². The van der Waals surface area contributed by atoms with Crippen molar-refractivity contribution in [1.82, 2.24) is 0 Å². The van der Waals surface area contributed by atoms with Crippen LogP contribution in [0.25, 0.3) is 0 Å². The fourth-order valence-electron chi connectivity index (χ4n) is 3.04. The van der Waals surface area contributed by atoms with E-state index in [4.69, 9.17) is 9.84 Å². The van der Waals surface area contributed by atoms with Gasteiger partial charge in [-0.15, -0.1) is 0 Å². The number of aliphatic hydroxyl groups is 3. The Morgan fingerprint density at radius 3 is 2.04 bits per heavy atom. The fourth-order valence-corrected chi connectivity index (χ4v) is 3.04. The van der Waals surface area contributed by atoms with Crippen molar-refractivity contribution in [2.75, 3.05) is 0 Å². The normalized spacial score (nSPS) is 21.3. The zero-order valence-electron chi connectivity index (χ0n) is 15.1. The maximum Gasteiger partial charge on any atom is 0.334 e. The molecule has 0 radical (unpaired) electrons. The summed E-state index contributed by atoms with van der Waals surface area (Å²) in [5.41, 5.74) is 0.586. The van der Waals surface area contributed by atoms with E-state index in [0.29, 0.717) is 18.4 Å². The molecular formula is C19H34O5. The van der Waals surface area contributed by atoms with Crippen molar-refractivity contribution in [3.8, 4) is 0 Å². The van der Waals surface area contributed by atoms with Gasteiger partial charge in [-0.05, 0) is 45.6 Å². The van der Waals surface area contributed by atoms with Gasteiger partial charge in [0.2, 0.25) is 0 Å². The van der Waals surface area contributed by atoms with Crippen LogP contribution in [0.4, 0.5) is 0 Å². The maximum atomic E-state index is 11.5. The smallest absolute Gasteiger partial charge is 0.334 e. The van der Waals surface area contributed by atoms with Crippen LogP contribution in [0.3, 0.4) is 0 Å². The molecule has 0 aromatic carbocycles. The van der Waals surface area contributed by atoms with Gasteiger partial charge < -0.3 is 20.1 Å². The molecule has 0 amide bonds. The summed E-state index contributed by atoms with van der Waals surface area (Å²) in [7, 11) is 0. The van der Waals surface area contributed by atoms with Gasteiger partial charge >= 0.3 is 5.97 Å². The Bertz CT molecular complexity index is 391. The van der Waals surface area contributed by atoms with Crippen molar-refractivity contribution < 1.29 is 24.9 Å². The van der Waals surface area contributed by atoms with Gasteiger partial charge in [-0.2, -0.15) is 0 Å². The number of hydrogen-bond donors (Lipinski definition) is 3. The van der Waals surface area contributed by atoms with Gasteiger partial charge in [0.05, 0.1) is 18.3 Å². The summed E-state index contributed by atoms with van der Waals surface area (Å²) in [5.74, 6) is -0.305. The number of aliphatic hydroxyl groups excluding tert-OH is 3. The van der Waals surface area contributed by atoms with E-state index in [9.17, 15) is 15.0 Å². The number of rotatable bonds is 13. The molecule has 1 unspecified atom stereocenters. The minimum Gasteiger partial charge on any atom is -0.455 e. The lowest BCUT2D eigenvalue weighted by molar-refractivity contribution is -0.139. The van der Waals surface area contributed by atoms with Gasteiger partial charge in [0.15, 0.2) is 0 Å². The van der Waals surface area contributed by atoms with Crippen molar-refractivity contribution in [2.45, 2.75) is 102 Å². The largest absolute Gasteiger partial charge is 0.455 e. The number of hydrogen-bond acceptors (Lipinski definition) is 5. The predicted molar refractivity (Wildman–Crippen MR) is 93.5 cm³/mol. The van der Waals surface area contributed by atoms with Crippen molar-refractivity contribution in [2.24, 2.45) is 0 Å². The summed E-state index contributed by atoms with van der Waals surface area (Å²) in [4.78, 5) is 11.5. The molecule has 4 atom stereocenters. The van der Waals surface area contributed by atoms with Crippen LogP contribution < -0.4 is 0 Å². The first kappa shape index (κ1) is 21.1. The summed E-state index contributed by atoms with van der Waals surface area (Å²) in [6, 6.07) is 0. The van der Waals surface area contributed by atoms with E-state index in [1.54, 1.807) is 13.0 Å². The van der Waals surface area contributed by atoms with Crippen LogP contribution in [-0.2, 0) is 9.53 Å². The van der Waals surface area contributed by atoms with Crippen molar-refractivity contribution >= 4 is 5.97 Å². The van der Waals surface area contributed by atoms with Crippen LogP contribution >= 0.6 is 0 Å². The summed E-state index contributed by atoms with van der Waals surface area (Å²) in [6.07, 6.45) is 8.74. The van der Waals surface area contributed by atoms with E-state index < -0.39 is 6.10 Å². The monoisotopic (exact) mass is 342 g/mol. The molecule has 5 heteroatoms. The van der Waals surface area contributed by atoms with Gasteiger partial charge in [-0.1, -0.05) is 32.1 Å². The average molecular weight is 342 g/mol. The summed E-state index contributed by atoms with van der Waals surface area (Å²) in [5, 5.41) is 29.1. The second-order valence-electron chi connectivity index (χ2n) is 7.09. The van der Waals surface area contributed by atoms with Crippen LogP contribution in [0.1, 0.15) is 78.1 Å². The topological polar surface area (TPSA) is 87.0 Å². The third kappa shape index (κ3) is 9.40. The molecule has 0 aliphatic carbocycles. The van der Waals surface area contributed by atoms with Crippen molar-refractivity contribution in [3.63, 3.8) is 0 Å². The lowest BCUT2D eigenvalue weighted by atomic mass is 10.00. The SMILES string of the molecule is C[C@H](O)CCCCC(O)CCCCC[C@@H](O)CC1=C[C@H](C)OC1=O. The zero-order valence-corrected chi connectivity index (χ0v) is 15.1. The molecule has 1 aliphatic heterocycles. The fraction of sp³-hybridized carbons (Fsp3) is 0.842. The van der Waals surface area contributed by atoms with Crippen molar-refractivity contribution in [1.29, 1.82) is 0 Å². The molecule has 1 rings (SSSR count). The second-order valence-corrected chi connectivity index (χ2v) is 7.09. The van der Waals surface area contributed by atoms with E-state index in [1.165, 1.54) is 0 Å². The van der Waals surface area contributed by atoms with E-state index in [2.05, 4.69) is 0 Å². The molecule has 0 saturated heterocycles. The van der Waals surface area contributed by atoms with Gasteiger partial charge in [0, 0.05) is 12.0 Å². The molecule has 0 saturated carbocycles. The quantitative estimate of drug-likeness (QED) is 0.354. The summed E-state index contributed by atoms with van der Waals surface area (Å²) in [6.45, 7) is 3.60. The Morgan fingerprint density at radius 1 is 0.958 bits per heavy atom. The molecule has 0 aromatic rings. The van der Waals surface area contributed by atoms with Gasteiger partial charge in [0.1, 0.15) is 6.10 Å². The number of cyclic esters (lactones) is 1. The maximum absolute atomic E-state index is 11.5. The number of esters is 1. The molecule has 3 N–H and O–H groups in total. The molecule has 1 heterocycles. The molecule has 0 spiro atoms. The minimum atomic E-state index is -0.500. The lowest BCUT2D eigenvalue weighted by Gasteiger charge is -2.12. The highest BCUT2D eigenvalue weighted by Gasteiger charge is 2.23. The molecule has 0 aromatic heterocycles. The average Bonchev–Trinajstić information content (AvgIpc) is 2.80. The van der Waals surface area contributed by atoms with Crippen LogP contribution in [-0.4, -0.2) is 45.7 Å². The molecule has 0 fully saturated rings. The summed E-state index contributed by atoms with van der Waals surface area (Å²) >= 11 is 0. The zero-order chi connectivity index (χ0) is 17.9. The Hall–Kier alpha value is -0.910. The predicted octanol–water partition coefficient (Wildman–Crippen LogP) is 2.86. The van der Waals surface area contributed by atoms with Crippen LogP contribution in [0.5, 0.6) is 0 Å². The molecule has 5 nitrogen and oxygen atoms in total. The van der Waals surface area contributed by atoms with Crippen molar-refractivity contribution in [3.05, 3.63) is 11.6 Å². The standard InChI is InChI=1S/C19H34O5/c1-14(20)8-6-7-10-17(21)9-4-3-5-11-18(22)13-16-12-15(2)24-19(16)23/h12,14-15,17-18,20-22H,3-11,13H2,1-2H3/t14-,15-,17?,18+/m0/s1. The van der Waals surface area contributed by atoms with Gasteiger partial charge in [-0.3, -0.25) is 0 Å². The second kappa shape index (κ2) is 11.6. The first-order valence-corrected chi connectivity index (χ1v) is 9.34. The highest BCUT2D eigenvalue weighted by Crippen LogP contribution is 2.20. The molecule has 140 valence electrons. The Morgan fingerprint density at radius 2 is 1.50 bits per heavy atom. The van der Waals surface area contributed by atoms with E-state index in [-0.39, 0.29) is 24.3 Å². The number of ether oxygens (including phenoxy) is 1. The summed E-state index contributed by atoms with van der Waals surface area (Å²) < 4.78 is 5.01. The van der Waals surface area contributed by atoms with E-state index >= 15 is 0 Å². The number of carbonyl (C=O) groups is 1. The van der Waals surface area contributed by atoms with Gasteiger partial charge in [-0.25, -0.2) is 4.79 Å². The lowest BCUT2D eigenvalue weighted by Crippen LogP contribution is -2.12. The highest BCUT2D eigenvalue weighted by atomic mass is 16.5. The molecule has 24 heavy (non-hydrogen) atoms. The number of carbonyl (C=O) groups excluding carboxylic acids is 1. The first-order chi connectivity index (χ1) is 11.4. The third-order valence-electron chi connectivity index (χ3n) is 4.43. The minimum absolute atomic E-state index is 0.179. The molecule has 0 bridgehead atoms. The van der Waals surface area contributed by atoms with Crippen LogP contribution in [0.2, 0.25) is 0 Å². The Kier molecular flexibility index (Phi) is 10.2.